The van der Waals surface area contributed by atoms with Crippen molar-refractivity contribution in [2.45, 2.75) is 58.1 Å². The predicted molar refractivity (Wildman–Crippen MR) is 93.9 cm³/mol. The Morgan fingerprint density at radius 2 is 2.00 bits per heavy atom. The number of aryl methyl sites for hydroxylation is 3. The van der Waals surface area contributed by atoms with Gasteiger partial charge < -0.3 is 14.7 Å². The highest BCUT2D eigenvalue weighted by Crippen LogP contribution is 2.30. The Morgan fingerprint density at radius 3 is 2.71 bits per heavy atom. The summed E-state index contributed by atoms with van der Waals surface area (Å²) >= 11 is 0. The number of likely N-dealkylation sites (tertiary alicyclic amines) is 1. The predicted octanol–water partition coefficient (Wildman–Crippen LogP) is 2.62. The van der Waals surface area contributed by atoms with E-state index in [1.54, 1.807) is 0 Å². The van der Waals surface area contributed by atoms with E-state index in [-0.39, 0.29) is 24.0 Å². The summed E-state index contributed by atoms with van der Waals surface area (Å²) in [7, 11) is 0. The van der Waals surface area contributed by atoms with Crippen molar-refractivity contribution in [2.75, 3.05) is 19.8 Å². The average molecular weight is 331 g/mol. The highest BCUT2D eigenvalue weighted by molar-refractivity contribution is 5.77. The number of carbonyl (C=O) groups is 1. The van der Waals surface area contributed by atoms with Crippen molar-refractivity contribution in [1.82, 2.24) is 4.90 Å². The molecule has 2 fully saturated rings. The molecule has 0 aromatic heterocycles. The molecule has 0 radical (unpaired) electrons. The molecule has 1 amide bonds. The van der Waals surface area contributed by atoms with Crippen LogP contribution < -0.4 is 0 Å². The summed E-state index contributed by atoms with van der Waals surface area (Å²) < 4.78 is 5.55. The van der Waals surface area contributed by atoms with Gasteiger partial charge in [0.1, 0.15) is 0 Å². The van der Waals surface area contributed by atoms with E-state index in [1.165, 1.54) is 16.7 Å². The molecule has 3 atom stereocenters. The zero-order chi connectivity index (χ0) is 17.1. The molecule has 0 saturated carbocycles. The number of hydrogen-bond acceptors (Lipinski definition) is 3. The zero-order valence-corrected chi connectivity index (χ0v) is 14.8. The van der Waals surface area contributed by atoms with Crippen LogP contribution in [0.3, 0.4) is 0 Å². The van der Waals surface area contributed by atoms with Crippen LogP contribution in [-0.2, 0) is 16.0 Å². The Kier molecular flexibility index (Phi) is 5.57. The molecular formula is C20H29NO3. The Balaban J connectivity index is 1.61. The standard InChI is InChI=1S/C20H29NO3/c1-14-10-15(2)12-16(11-14)5-6-20(23)21-8-3-4-18(21)17-13-24-9-7-19(17)22/h10-12,17-19,22H,3-9,13H2,1-2H3. The number of benzene rings is 1. The van der Waals surface area contributed by atoms with Crippen LogP contribution in [0.5, 0.6) is 0 Å². The van der Waals surface area contributed by atoms with Crippen LogP contribution in [0, 0.1) is 19.8 Å². The fourth-order valence-electron chi connectivity index (χ4n) is 4.27. The Morgan fingerprint density at radius 1 is 1.25 bits per heavy atom. The summed E-state index contributed by atoms with van der Waals surface area (Å²) in [6.45, 7) is 6.22. The van der Waals surface area contributed by atoms with Gasteiger partial charge in [-0.1, -0.05) is 29.3 Å². The molecule has 1 aromatic carbocycles. The van der Waals surface area contributed by atoms with Gasteiger partial charge in [0.25, 0.3) is 0 Å². The normalized spacial score (nSPS) is 27.5. The molecule has 0 bridgehead atoms. The van der Waals surface area contributed by atoms with E-state index >= 15 is 0 Å². The molecular weight excluding hydrogens is 302 g/mol. The van der Waals surface area contributed by atoms with Crippen LogP contribution in [0.2, 0.25) is 0 Å². The van der Waals surface area contributed by atoms with Crippen molar-refractivity contribution in [2.24, 2.45) is 5.92 Å². The van der Waals surface area contributed by atoms with Crippen molar-refractivity contribution < 1.29 is 14.6 Å². The molecule has 2 aliphatic rings. The largest absolute Gasteiger partial charge is 0.393 e. The lowest BCUT2D eigenvalue weighted by atomic mass is 9.89. The molecule has 2 heterocycles. The van der Waals surface area contributed by atoms with Crippen LogP contribution in [0.15, 0.2) is 18.2 Å². The summed E-state index contributed by atoms with van der Waals surface area (Å²) in [4.78, 5) is 14.8. The van der Waals surface area contributed by atoms with Crippen molar-refractivity contribution in [3.63, 3.8) is 0 Å². The van der Waals surface area contributed by atoms with E-state index in [9.17, 15) is 9.90 Å². The first-order valence-electron chi connectivity index (χ1n) is 9.17. The van der Waals surface area contributed by atoms with Crippen LogP contribution >= 0.6 is 0 Å². The van der Waals surface area contributed by atoms with Crippen molar-refractivity contribution in [1.29, 1.82) is 0 Å². The van der Waals surface area contributed by atoms with Gasteiger partial charge in [0.05, 0.1) is 12.7 Å². The lowest BCUT2D eigenvalue weighted by Crippen LogP contribution is -2.48. The lowest BCUT2D eigenvalue weighted by molar-refractivity contribution is -0.136. The third-order valence-electron chi connectivity index (χ3n) is 5.39. The molecule has 1 N–H and O–H groups in total. The molecule has 2 saturated heterocycles. The maximum Gasteiger partial charge on any atom is 0.223 e. The molecule has 4 heteroatoms. The van der Waals surface area contributed by atoms with Gasteiger partial charge in [0, 0.05) is 31.5 Å². The van der Waals surface area contributed by atoms with E-state index in [0.29, 0.717) is 26.1 Å². The highest BCUT2D eigenvalue weighted by Gasteiger charge is 2.39. The van der Waals surface area contributed by atoms with Gasteiger partial charge in [-0.25, -0.2) is 0 Å². The second-order valence-electron chi connectivity index (χ2n) is 7.39. The number of nitrogens with zero attached hydrogens (tertiary/aromatic N) is 1. The minimum atomic E-state index is -0.337. The van der Waals surface area contributed by atoms with Crippen LogP contribution in [0.1, 0.15) is 42.4 Å². The third-order valence-corrected chi connectivity index (χ3v) is 5.39. The minimum absolute atomic E-state index is 0.0754. The van der Waals surface area contributed by atoms with Crippen molar-refractivity contribution in [3.8, 4) is 0 Å². The zero-order valence-electron chi connectivity index (χ0n) is 14.8. The summed E-state index contributed by atoms with van der Waals surface area (Å²) in [6, 6.07) is 6.64. The highest BCUT2D eigenvalue weighted by atomic mass is 16.5. The molecule has 2 aliphatic heterocycles. The Bertz CT molecular complexity index is 566. The van der Waals surface area contributed by atoms with Gasteiger partial charge in [0.2, 0.25) is 5.91 Å². The molecule has 24 heavy (non-hydrogen) atoms. The second-order valence-corrected chi connectivity index (χ2v) is 7.39. The Hall–Kier alpha value is -1.39. The molecule has 4 nitrogen and oxygen atoms in total. The first-order chi connectivity index (χ1) is 11.5. The fraction of sp³-hybridized carbons (Fsp3) is 0.650. The molecule has 3 unspecified atom stereocenters. The summed E-state index contributed by atoms with van der Waals surface area (Å²) in [5.41, 5.74) is 3.73. The van der Waals surface area contributed by atoms with Crippen molar-refractivity contribution in [3.05, 3.63) is 34.9 Å². The monoisotopic (exact) mass is 331 g/mol. The van der Waals surface area contributed by atoms with Gasteiger partial charge in [0.15, 0.2) is 0 Å². The number of hydrogen-bond donors (Lipinski definition) is 1. The number of amides is 1. The van der Waals surface area contributed by atoms with E-state index in [0.717, 1.165) is 25.8 Å². The van der Waals surface area contributed by atoms with Gasteiger partial charge in [-0.3, -0.25) is 4.79 Å². The number of aliphatic hydroxyl groups excluding tert-OH is 1. The first-order valence-corrected chi connectivity index (χ1v) is 9.17. The molecule has 0 spiro atoms. The number of rotatable bonds is 4. The van der Waals surface area contributed by atoms with Crippen molar-refractivity contribution >= 4 is 5.91 Å². The van der Waals surface area contributed by atoms with Crippen LogP contribution in [-0.4, -0.2) is 47.8 Å². The van der Waals surface area contributed by atoms with Gasteiger partial charge in [-0.15, -0.1) is 0 Å². The van der Waals surface area contributed by atoms with Gasteiger partial charge in [-0.05, 0) is 45.1 Å². The molecule has 0 aliphatic carbocycles. The average Bonchev–Trinajstić information content (AvgIpc) is 3.01. The lowest BCUT2D eigenvalue weighted by Gasteiger charge is -2.37. The molecule has 1 aromatic rings. The summed E-state index contributed by atoms with van der Waals surface area (Å²) in [5, 5.41) is 10.3. The molecule has 3 rings (SSSR count). The molecule has 132 valence electrons. The van der Waals surface area contributed by atoms with Crippen LogP contribution in [0.4, 0.5) is 0 Å². The van der Waals surface area contributed by atoms with Crippen LogP contribution in [0.25, 0.3) is 0 Å². The second kappa shape index (κ2) is 7.66. The maximum atomic E-state index is 12.8. The first kappa shape index (κ1) is 17.4. The van der Waals surface area contributed by atoms with E-state index < -0.39 is 0 Å². The van der Waals surface area contributed by atoms with E-state index in [1.807, 2.05) is 4.90 Å². The number of ether oxygens (including phenoxy) is 1. The number of carbonyl (C=O) groups excluding carboxylic acids is 1. The third kappa shape index (κ3) is 3.98. The van der Waals surface area contributed by atoms with Gasteiger partial charge in [-0.2, -0.15) is 0 Å². The number of aliphatic hydroxyl groups is 1. The smallest absolute Gasteiger partial charge is 0.223 e. The topological polar surface area (TPSA) is 49.8 Å². The van der Waals surface area contributed by atoms with Gasteiger partial charge >= 0.3 is 0 Å². The van der Waals surface area contributed by atoms with E-state index in [4.69, 9.17) is 4.74 Å². The summed E-state index contributed by atoms with van der Waals surface area (Å²) in [5.74, 6) is 0.292. The minimum Gasteiger partial charge on any atom is -0.393 e. The summed E-state index contributed by atoms with van der Waals surface area (Å²) in [6.07, 6.45) is 3.70. The fourth-order valence-corrected chi connectivity index (χ4v) is 4.27. The SMILES string of the molecule is Cc1cc(C)cc(CCC(=O)N2CCCC2C2COCCC2O)c1. The van der Waals surface area contributed by atoms with E-state index in [2.05, 4.69) is 32.0 Å². The Labute approximate surface area is 144 Å². The quantitative estimate of drug-likeness (QED) is 0.923. The maximum absolute atomic E-state index is 12.8.